The molecular weight excluding hydrogens is 675 g/mol. The minimum absolute atomic E-state index is 0.168. The Labute approximate surface area is 285 Å². The highest BCUT2D eigenvalue weighted by Gasteiger charge is 2.37. The summed E-state index contributed by atoms with van der Waals surface area (Å²) in [6.45, 7) is 0.424. The van der Waals surface area contributed by atoms with E-state index in [0.717, 1.165) is 21.9 Å². The smallest absolute Gasteiger partial charge is 0.266 e. The number of thioether (sulfide) groups is 1. The van der Waals surface area contributed by atoms with Gasteiger partial charge in [-0.3, -0.25) is 14.5 Å². The van der Waals surface area contributed by atoms with Crippen molar-refractivity contribution in [3.8, 4) is 17.2 Å². The molecule has 1 aliphatic heterocycles. The maximum atomic E-state index is 13.2. The van der Waals surface area contributed by atoms with Crippen LogP contribution < -0.4 is 19.5 Å². The summed E-state index contributed by atoms with van der Waals surface area (Å²) in [7, 11) is 3.16. The number of halogens is 3. The van der Waals surface area contributed by atoms with Crippen LogP contribution in [0.4, 0.5) is 0 Å². The van der Waals surface area contributed by atoms with E-state index in [2.05, 4.69) is 5.32 Å². The van der Waals surface area contributed by atoms with Crippen molar-refractivity contribution in [3.63, 3.8) is 0 Å². The van der Waals surface area contributed by atoms with E-state index in [9.17, 15) is 9.59 Å². The Morgan fingerprint density at radius 1 is 0.978 bits per heavy atom. The molecule has 1 unspecified atom stereocenters. The maximum Gasteiger partial charge on any atom is 0.266 e. The molecule has 12 heteroatoms. The van der Waals surface area contributed by atoms with Gasteiger partial charge in [0.1, 0.15) is 10.1 Å². The number of amides is 2. The SMILES string of the molecule is COc1ccc(CCN2C(=O)C(=Cc3ccc(OC(NC(=O)c4cccc5ccccc45)C(Cl)(Cl)Cl)cc3)SC2=S)cc1OC. The fourth-order valence-corrected chi connectivity index (χ4v) is 6.30. The Morgan fingerprint density at radius 2 is 1.69 bits per heavy atom. The summed E-state index contributed by atoms with van der Waals surface area (Å²) in [6, 6.07) is 25.4. The van der Waals surface area contributed by atoms with Crippen molar-refractivity contribution in [1.29, 1.82) is 0 Å². The first kappa shape index (κ1) is 32.9. The van der Waals surface area contributed by atoms with E-state index in [-0.39, 0.29) is 5.91 Å². The number of alkyl halides is 3. The first-order chi connectivity index (χ1) is 21.6. The van der Waals surface area contributed by atoms with Crippen LogP contribution in [-0.2, 0) is 11.2 Å². The van der Waals surface area contributed by atoms with Crippen LogP contribution in [0.15, 0.2) is 89.8 Å². The lowest BCUT2D eigenvalue weighted by Gasteiger charge is -2.26. The summed E-state index contributed by atoms with van der Waals surface area (Å²) in [6.07, 6.45) is 1.06. The quantitative estimate of drug-likeness (QED) is 0.0783. The Morgan fingerprint density at radius 3 is 2.40 bits per heavy atom. The lowest BCUT2D eigenvalue weighted by molar-refractivity contribution is -0.122. The predicted molar refractivity (Wildman–Crippen MR) is 186 cm³/mol. The zero-order valence-corrected chi connectivity index (χ0v) is 28.0. The number of nitrogens with zero attached hydrogens (tertiary/aromatic N) is 1. The molecule has 1 atom stereocenters. The van der Waals surface area contributed by atoms with E-state index in [1.54, 1.807) is 61.6 Å². The molecule has 4 aromatic rings. The normalized spacial score (nSPS) is 15.0. The van der Waals surface area contributed by atoms with Crippen molar-refractivity contribution in [2.75, 3.05) is 20.8 Å². The van der Waals surface area contributed by atoms with E-state index in [0.29, 0.717) is 45.0 Å². The van der Waals surface area contributed by atoms with Crippen LogP contribution in [0.1, 0.15) is 21.5 Å². The molecule has 0 aliphatic carbocycles. The lowest BCUT2D eigenvalue weighted by atomic mass is 10.0. The van der Waals surface area contributed by atoms with Gasteiger partial charge in [-0.1, -0.05) is 113 Å². The fraction of sp³-hybridized carbons (Fsp3) is 0.182. The summed E-state index contributed by atoms with van der Waals surface area (Å²) in [4.78, 5) is 28.5. The molecule has 1 aliphatic rings. The van der Waals surface area contributed by atoms with Crippen LogP contribution in [0.2, 0.25) is 0 Å². The molecular formula is C33H27Cl3N2O5S2. The number of methoxy groups -OCH3 is 2. The van der Waals surface area contributed by atoms with Gasteiger partial charge >= 0.3 is 0 Å². The second kappa shape index (κ2) is 14.3. The minimum Gasteiger partial charge on any atom is -0.493 e. The molecule has 7 nitrogen and oxygen atoms in total. The van der Waals surface area contributed by atoms with Crippen LogP contribution in [-0.4, -0.2) is 51.8 Å². The van der Waals surface area contributed by atoms with Crippen molar-refractivity contribution < 1.29 is 23.8 Å². The van der Waals surface area contributed by atoms with Crippen LogP contribution in [0.5, 0.6) is 17.2 Å². The number of hydrogen-bond acceptors (Lipinski definition) is 7. The maximum absolute atomic E-state index is 13.2. The molecule has 4 aromatic carbocycles. The topological polar surface area (TPSA) is 77.1 Å². The molecule has 232 valence electrons. The number of carbonyl (C=O) groups excluding carboxylic acids is 2. The molecule has 1 N–H and O–H groups in total. The van der Waals surface area contributed by atoms with Crippen molar-refractivity contribution in [1.82, 2.24) is 10.2 Å². The molecule has 0 radical (unpaired) electrons. The average Bonchev–Trinajstić information content (AvgIpc) is 3.30. The van der Waals surface area contributed by atoms with E-state index < -0.39 is 15.9 Å². The first-order valence-electron chi connectivity index (χ1n) is 13.7. The summed E-state index contributed by atoms with van der Waals surface area (Å²) in [5.41, 5.74) is 2.16. The van der Waals surface area contributed by atoms with Gasteiger partial charge in [0.15, 0.2) is 11.5 Å². The molecule has 5 rings (SSSR count). The van der Waals surface area contributed by atoms with Crippen molar-refractivity contribution in [2.24, 2.45) is 0 Å². The molecule has 1 fully saturated rings. The molecule has 2 amide bonds. The number of nitrogens with one attached hydrogen (secondary N) is 1. The van der Waals surface area contributed by atoms with Gasteiger partial charge in [0.25, 0.3) is 11.8 Å². The number of fused-ring (bicyclic) bond motifs is 1. The Kier molecular flexibility index (Phi) is 10.5. The number of rotatable bonds is 10. The zero-order chi connectivity index (χ0) is 32.1. The van der Waals surface area contributed by atoms with E-state index >= 15 is 0 Å². The van der Waals surface area contributed by atoms with E-state index in [4.69, 9.17) is 61.2 Å². The van der Waals surface area contributed by atoms with Crippen LogP contribution in [0.3, 0.4) is 0 Å². The number of carbonyl (C=O) groups is 2. The largest absolute Gasteiger partial charge is 0.493 e. The number of ether oxygens (including phenoxy) is 3. The van der Waals surface area contributed by atoms with Crippen molar-refractivity contribution in [2.45, 2.75) is 16.4 Å². The Balaban J connectivity index is 1.24. The third-order valence-corrected chi connectivity index (χ3v) is 8.94. The average molecular weight is 702 g/mol. The van der Waals surface area contributed by atoms with Crippen LogP contribution in [0, 0.1) is 0 Å². The Hall–Kier alpha value is -3.47. The standard InChI is InChI=1S/C33H27Cl3N2O5S2/c1-41-26-15-12-21(18-27(26)42-2)16-17-38-30(40)28(45-32(38)44)19-20-10-13-23(14-11-20)43-31(33(34,35)36)37-29(39)25-9-5-7-22-6-3-4-8-24(22)25/h3-15,18-19,31H,16-17H2,1-2H3,(H,37,39). The summed E-state index contributed by atoms with van der Waals surface area (Å²) in [5.74, 6) is 0.995. The van der Waals surface area contributed by atoms with Crippen molar-refractivity contribution >= 4 is 91.8 Å². The highest BCUT2D eigenvalue weighted by Crippen LogP contribution is 2.35. The summed E-state index contributed by atoms with van der Waals surface area (Å²) in [5, 5.41) is 4.35. The van der Waals surface area contributed by atoms with Gasteiger partial charge in [-0.15, -0.1) is 0 Å². The predicted octanol–water partition coefficient (Wildman–Crippen LogP) is 7.81. The summed E-state index contributed by atoms with van der Waals surface area (Å²) < 4.78 is 15.1. The second-order valence-electron chi connectivity index (χ2n) is 9.88. The van der Waals surface area contributed by atoms with Gasteiger partial charge in [0.2, 0.25) is 10.0 Å². The highest BCUT2D eigenvalue weighted by molar-refractivity contribution is 8.26. The van der Waals surface area contributed by atoms with Gasteiger partial charge in [-0.25, -0.2) is 0 Å². The highest BCUT2D eigenvalue weighted by atomic mass is 35.6. The third kappa shape index (κ3) is 7.85. The van der Waals surface area contributed by atoms with E-state index in [1.807, 2.05) is 48.5 Å². The molecule has 45 heavy (non-hydrogen) atoms. The first-order valence-corrected chi connectivity index (χ1v) is 16.0. The molecule has 1 heterocycles. The third-order valence-electron chi connectivity index (χ3n) is 6.97. The molecule has 0 saturated carbocycles. The molecule has 0 aromatic heterocycles. The fourth-order valence-electron chi connectivity index (χ4n) is 4.70. The van der Waals surface area contributed by atoms with E-state index in [1.165, 1.54) is 11.8 Å². The van der Waals surface area contributed by atoms with Gasteiger partial charge in [0.05, 0.1) is 19.1 Å². The zero-order valence-electron chi connectivity index (χ0n) is 24.1. The van der Waals surface area contributed by atoms with Gasteiger partial charge in [0, 0.05) is 12.1 Å². The second-order valence-corrected chi connectivity index (χ2v) is 13.9. The lowest BCUT2D eigenvalue weighted by Crippen LogP contribution is -2.47. The number of benzene rings is 4. The van der Waals surface area contributed by atoms with Crippen LogP contribution >= 0.6 is 58.8 Å². The number of hydrogen-bond donors (Lipinski definition) is 1. The van der Waals surface area contributed by atoms with Crippen LogP contribution in [0.25, 0.3) is 16.8 Å². The number of thiocarbonyl (C=S) groups is 1. The van der Waals surface area contributed by atoms with Gasteiger partial charge in [-0.2, -0.15) is 0 Å². The van der Waals surface area contributed by atoms with Gasteiger partial charge in [-0.05, 0) is 64.7 Å². The van der Waals surface area contributed by atoms with Gasteiger partial charge < -0.3 is 19.5 Å². The monoisotopic (exact) mass is 700 g/mol. The summed E-state index contributed by atoms with van der Waals surface area (Å²) >= 11 is 25.3. The molecule has 1 saturated heterocycles. The van der Waals surface area contributed by atoms with Crippen molar-refractivity contribution in [3.05, 3.63) is 107 Å². The minimum atomic E-state index is -1.97. The molecule has 0 bridgehead atoms. The molecule has 0 spiro atoms. The Bertz CT molecular complexity index is 1770.